The topological polar surface area (TPSA) is 12.5 Å². The molecule has 0 aromatic heterocycles. The smallest absolute Gasteiger partial charge is 0.0651 e. The summed E-state index contributed by atoms with van der Waals surface area (Å²) in [6, 6.07) is 0. The molecular formula is C10H21NO. The standard InChI is InChI=1S/C10H21NO/c1-10(2,12-4)9-5-7-11(3)8-6-9/h9H,5-8H2,1-4H3. The predicted molar refractivity (Wildman–Crippen MR) is 51.3 cm³/mol. The summed E-state index contributed by atoms with van der Waals surface area (Å²) in [7, 11) is 4.01. The van der Waals surface area contributed by atoms with Crippen LogP contribution in [0.15, 0.2) is 0 Å². The number of rotatable bonds is 2. The lowest BCUT2D eigenvalue weighted by Gasteiger charge is -2.38. The van der Waals surface area contributed by atoms with E-state index in [0.29, 0.717) is 0 Å². The number of methoxy groups -OCH3 is 1. The van der Waals surface area contributed by atoms with Crippen molar-refractivity contribution in [2.45, 2.75) is 32.3 Å². The molecule has 0 aromatic carbocycles. The Hall–Kier alpha value is -0.0800. The van der Waals surface area contributed by atoms with Crippen LogP contribution in [-0.4, -0.2) is 37.7 Å². The maximum absolute atomic E-state index is 5.49. The number of ether oxygens (including phenoxy) is 1. The van der Waals surface area contributed by atoms with Gasteiger partial charge in [0.25, 0.3) is 0 Å². The fourth-order valence-electron chi connectivity index (χ4n) is 1.87. The largest absolute Gasteiger partial charge is 0.379 e. The van der Waals surface area contributed by atoms with Gasteiger partial charge in [-0.1, -0.05) is 0 Å². The molecule has 0 spiro atoms. The summed E-state index contributed by atoms with van der Waals surface area (Å²) in [5.41, 5.74) is 0.0707. The Morgan fingerprint density at radius 1 is 1.25 bits per heavy atom. The first-order valence-corrected chi connectivity index (χ1v) is 4.80. The highest BCUT2D eigenvalue weighted by atomic mass is 16.5. The highest BCUT2D eigenvalue weighted by Gasteiger charge is 2.31. The fraction of sp³-hybridized carbons (Fsp3) is 1.00. The lowest BCUT2D eigenvalue weighted by molar-refractivity contribution is -0.0465. The monoisotopic (exact) mass is 171 g/mol. The van der Waals surface area contributed by atoms with E-state index >= 15 is 0 Å². The number of likely N-dealkylation sites (tertiary alicyclic amines) is 1. The van der Waals surface area contributed by atoms with Crippen molar-refractivity contribution in [2.24, 2.45) is 5.92 Å². The Bertz CT molecular complexity index is 137. The Labute approximate surface area is 75.9 Å². The second kappa shape index (κ2) is 3.75. The lowest BCUT2D eigenvalue weighted by atomic mass is 9.83. The minimum atomic E-state index is 0.0707. The van der Waals surface area contributed by atoms with Gasteiger partial charge in [0.15, 0.2) is 0 Å². The lowest BCUT2D eigenvalue weighted by Crippen LogP contribution is -2.41. The Morgan fingerprint density at radius 2 is 1.75 bits per heavy atom. The van der Waals surface area contributed by atoms with Crippen molar-refractivity contribution in [1.29, 1.82) is 0 Å². The highest BCUT2D eigenvalue weighted by Crippen LogP contribution is 2.29. The van der Waals surface area contributed by atoms with Crippen molar-refractivity contribution in [2.75, 3.05) is 27.2 Å². The van der Waals surface area contributed by atoms with Crippen molar-refractivity contribution < 1.29 is 4.74 Å². The van der Waals surface area contributed by atoms with Gasteiger partial charge in [-0.05, 0) is 52.7 Å². The third kappa shape index (κ3) is 2.20. The van der Waals surface area contributed by atoms with E-state index in [1.807, 2.05) is 7.11 Å². The third-order valence-electron chi connectivity index (χ3n) is 3.23. The van der Waals surface area contributed by atoms with Crippen LogP contribution in [0.25, 0.3) is 0 Å². The first-order valence-electron chi connectivity index (χ1n) is 4.80. The van der Waals surface area contributed by atoms with Gasteiger partial charge in [-0.25, -0.2) is 0 Å². The summed E-state index contributed by atoms with van der Waals surface area (Å²) < 4.78 is 5.49. The van der Waals surface area contributed by atoms with Gasteiger partial charge in [-0.3, -0.25) is 0 Å². The first kappa shape index (κ1) is 10.0. The van der Waals surface area contributed by atoms with Crippen LogP contribution in [-0.2, 0) is 4.74 Å². The molecule has 1 saturated heterocycles. The van der Waals surface area contributed by atoms with Gasteiger partial charge < -0.3 is 9.64 Å². The maximum Gasteiger partial charge on any atom is 0.0651 e. The minimum absolute atomic E-state index is 0.0707. The van der Waals surface area contributed by atoms with Gasteiger partial charge in [0.05, 0.1) is 5.60 Å². The molecule has 12 heavy (non-hydrogen) atoms. The van der Waals surface area contributed by atoms with Crippen molar-refractivity contribution in [3.63, 3.8) is 0 Å². The van der Waals surface area contributed by atoms with Crippen LogP contribution in [0.3, 0.4) is 0 Å². The van der Waals surface area contributed by atoms with E-state index in [2.05, 4.69) is 25.8 Å². The van der Waals surface area contributed by atoms with E-state index in [4.69, 9.17) is 4.74 Å². The Balaban J connectivity index is 2.44. The summed E-state index contributed by atoms with van der Waals surface area (Å²) in [5, 5.41) is 0. The molecule has 0 radical (unpaired) electrons. The maximum atomic E-state index is 5.49. The zero-order chi connectivity index (χ0) is 9.19. The van der Waals surface area contributed by atoms with Gasteiger partial charge in [-0.15, -0.1) is 0 Å². The quantitative estimate of drug-likeness (QED) is 0.627. The molecule has 0 unspecified atom stereocenters. The molecular weight excluding hydrogens is 150 g/mol. The van der Waals surface area contributed by atoms with Gasteiger partial charge in [0.2, 0.25) is 0 Å². The molecule has 1 heterocycles. The van der Waals surface area contributed by atoms with Crippen molar-refractivity contribution >= 4 is 0 Å². The Morgan fingerprint density at radius 3 is 2.17 bits per heavy atom. The van der Waals surface area contributed by atoms with Crippen LogP contribution >= 0.6 is 0 Å². The van der Waals surface area contributed by atoms with Crippen LogP contribution in [0.2, 0.25) is 0 Å². The fourth-order valence-corrected chi connectivity index (χ4v) is 1.87. The minimum Gasteiger partial charge on any atom is -0.379 e. The second-order valence-corrected chi connectivity index (χ2v) is 4.39. The predicted octanol–water partition coefficient (Wildman–Crippen LogP) is 1.75. The molecule has 2 heteroatoms. The van der Waals surface area contributed by atoms with Crippen LogP contribution in [0.5, 0.6) is 0 Å². The van der Waals surface area contributed by atoms with Gasteiger partial charge in [0, 0.05) is 7.11 Å². The normalized spacial score (nSPS) is 23.0. The average Bonchev–Trinajstić information content (AvgIpc) is 2.05. The van der Waals surface area contributed by atoms with E-state index in [-0.39, 0.29) is 5.60 Å². The summed E-state index contributed by atoms with van der Waals surface area (Å²) in [6.45, 7) is 6.83. The molecule has 1 aliphatic heterocycles. The number of hydrogen-bond acceptors (Lipinski definition) is 2. The number of hydrogen-bond donors (Lipinski definition) is 0. The zero-order valence-electron chi connectivity index (χ0n) is 8.76. The molecule has 0 aliphatic carbocycles. The van der Waals surface area contributed by atoms with Crippen molar-refractivity contribution in [1.82, 2.24) is 4.90 Å². The van der Waals surface area contributed by atoms with E-state index in [0.717, 1.165) is 5.92 Å². The van der Waals surface area contributed by atoms with Gasteiger partial charge in [0.1, 0.15) is 0 Å². The van der Waals surface area contributed by atoms with Crippen molar-refractivity contribution in [3.05, 3.63) is 0 Å². The molecule has 2 nitrogen and oxygen atoms in total. The SMILES string of the molecule is COC(C)(C)C1CCN(C)CC1. The van der Waals surface area contributed by atoms with Crippen LogP contribution < -0.4 is 0 Å². The molecule has 0 saturated carbocycles. The van der Waals surface area contributed by atoms with Crippen LogP contribution in [0.1, 0.15) is 26.7 Å². The molecule has 0 bridgehead atoms. The van der Waals surface area contributed by atoms with E-state index < -0.39 is 0 Å². The van der Waals surface area contributed by atoms with E-state index in [1.54, 1.807) is 0 Å². The molecule has 72 valence electrons. The summed E-state index contributed by atoms with van der Waals surface area (Å²) in [6.07, 6.45) is 2.55. The summed E-state index contributed by atoms with van der Waals surface area (Å²) in [5.74, 6) is 0.735. The van der Waals surface area contributed by atoms with E-state index in [1.165, 1.54) is 25.9 Å². The molecule has 0 N–H and O–H groups in total. The molecule has 0 aromatic rings. The second-order valence-electron chi connectivity index (χ2n) is 4.39. The molecule has 0 atom stereocenters. The average molecular weight is 171 g/mol. The molecule has 0 amide bonds. The summed E-state index contributed by atoms with van der Waals surface area (Å²) in [4.78, 5) is 2.39. The van der Waals surface area contributed by atoms with Gasteiger partial charge >= 0.3 is 0 Å². The van der Waals surface area contributed by atoms with Crippen LogP contribution in [0.4, 0.5) is 0 Å². The number of piperidine rings is 1. The van der Waals surface area contributed by atoms with E-state index in [9.17, 15) is 0 Å². The zero-order valence-corrected chi connectivity index (χ0v) is 8.76. The Kier molecular flexibility index (Phi) is 3.13. The molecule has 1 fully saturated rings. The summed E-state index contributed by atoms with van der Waals surface area (Å²) >= 11 is 0. The van der Waals surface area contributed by atoms with Crippen LogP contribution in [0, 0.1) is 5.92 Å². The highest BCUT2D eigenvalue weighted by molar-refractivity contribution is 4.83. The molecule has 1 rings (SSSR count). The molecule has 1 aliphatic rings. The van der Waals surface area contributed by atoms with Crippen molar-refractivity contribution in [3.8, 4) is 0 Å². The third-order valence-corrected chi connectivity index (χ3v) is 3.23. The van der Waals surface area contributed by atoms with Gasteiger partial charge in [-0.2, -0.15) is 0 Å². The number of nitrogens with zero attached hydrogens (tertiary/aromatic N) is 1. The first-order chi connectivity index (χ1) is 5.56.